The van der Waals surface area contributed by atoms with Gasteiger partial charge in [0.25, 0.3) is 0 Å². The summed E-state index contributed by atoms with van der Waals surface area (Å²) in [6.07, 6.45) is 0. The van der Waals surface area contributed by atoms with E-state index in [4.69, 9.17) is 14.2 Å². The average Bonchev–Trinajstić information content (AvgIpc) is 2.22. The largest absolute Gasteiger partial charge is 0.454 e. The molecule has 120 valence electrons. The molecule has 0 heterocycles. The number of carbonyl (C=O) groups is 3. The summed E-state index contributed by atoms with van der Waals surface area (Å²) in [4.78, 5) is 34.4. The fraction of sp³-hybridized carbons (Fsp3) is 0.438. The predicted molar refractivity (Wildman–Crippen MR) is 77.6 cm³/mol. The zero-order chi connectivity index (χ0) is 17.1. The summed E-state index contributed by atoms with van der Waals surface area (Å²) in [5.41, 5.74) is 2.63. The Bertz CT molecular complexity index is 553. The number of hydrogen-bond acceptors (Lipinski definition) is 6. The summed E-state index contributed by atoms with van der Waals surface area (Å²) in [5.74, 6) is -4.46. The van der Waals surface area contributed by atoms with Crippen molar-refractivity contribution in [3.8, 4) is 0 Å². The molecule has 0 atom stereocenters. The Morgan fingerprint density at radius 1 is 0.773 bits per heavy atom. The fourth-order valence-corrected chi connectivity index (χ4v) is 2.45. The van der Waals surface area contributed by atoms with Crippen molar-refractivity contribution in [1.82, 2.24) is 0 Å². The molecule has 1 aromatic rings. The Hall–Kier alpha value is -2.37. The van der Waals surface area contributed by atoms with Crippen LogP contribution in [-0.2, 0) is 34.6 Å². The van der Waals surface area contributed by atoms with E-state index < -0.39 is 23.9 Å². The minimum atomic E-state index is -2.22. The van der Waals surface area contributed by atoms with E-state index in [1.54, 1.807) is 13.8 Å². The van der Waals surface area contributed by atoms with E-state index >= 15 is 0 Å². The maximum absolute atomic E-state index is 11.5. The van der Waals surface area contributed by atoms with Crippen molar-refractivity contribution in [3.63, 3.8) is 0 Å². The van der Waals surface area contributed by atoms with Crippen molar-refractivity contribution < 1.29 is 28.6 Å². The predicted octanol–water partition coefficient (Wildman–Crippen LogP) is 2.41. The van der Waals surface area contributed by atoms with Crippen LogP contribution < -0.4 is 0 Å². The summed E-state index contributed by atoms with van der Waals surface area (Å²) < 4.78 is 15.4. The van der Waals surface area contributed by atoms with E-state index in [0.29, 0.717) is 16.7 Å². The first kappa shape index (κ1) is 17.7. The second-order valence-electron chi connectivity index (χ2n) is 5.11. The average molecular weight is 308 g/mol. The highest BCUT2D eigenvalue weighted by molar-refractivity contribution is 5.71. The van der Waals surface area contributed by atoms with Gasteiger partial charge in [-0.3, -0.25) is 14.4 Å². The van der Waals surface area contributed by atoms with Gasteiger partial charge in [-0.1, -0.05) is 17.7 Å². The van der Waals surface area contributed by atoms with Gasteiger partial charge in [0.05, 0.1) is 5.56 Å². The van der Waals surface area contributed by atoms with Crippen molar-refractivity contribution in [2.75, 3.05) is 0 Å². The zero-order valence-corrected chi connectivity index (χ0v) is 13.6. The Morgan fingerprint density at radius 2 is 1.09 bits per heavy atom. The van der Waals surface area contributed by atoms with Crippen LogP contribution in [0.2, 0.25) is 0 Å². The molecule has 0 bridgehead atoms. The van der Waals surface area contributed by atoms with Crippen LogP contribution >= 0.6 is 0 Å². The minimum Gasteiger partial charge on any atom is -0.384 e. The monoisotopic (exact) mass is 308 g/mol. The van der Waals surface area contributed by atoms with Crippen molar-refractivity contribution in [2.45, 2.75) is 47.5 Å². The third-order valence-corrected chi connectivity index (χ3v) is 2.82. The molecule has 0 aliphatic heterocycles. The molecule has 6 nitrogen and oxygen atoms in total. The first-order valence-electron chi connectivity index (χ1n) is 6.74. The maximum atomic E-state index is 11.5. The van der Waals surface area contributed by atoms with Crippen LogP contribution in [-0.4, -0.2) is 17.9 Å². The Balaban J connectivity index is 3.62. The molecule has 0 saturated carbocycles. The Kier molecular flexibility index (Phi) is 5.30. The highest BCUT2D eigenvalue weighted by Gasteiger charge is 2.46. The van der Waals surface area contributed by atoms with Crippen LogP contribution in [0.5, 0.6) is 0 Å². The van der Waals surface area contributed by atoms with Crippen LogP contribution in [0, 0.1) is 20.8 Å². The minimum absolute atomic E-state index is 0.318. The molecule has 0 N–H and O–H groups in total. The van der Waals surface area contributed by atoms with E-state index in [0.717, 1.165) is 26.3 Å². The van der Waals surface area contributed by atoms with E-state index in [9.17, 15) is 14.4 Å². The molecule has 0 aliphatic rings. The maximum Gasteiger partial charge on any atom is 0.454 e. The molecule has 22 heavy (non-hydrogen) atoms. The summed E-state index contributed by atoms with van der Waals surface area (Å²) in [6.45, 7) is 8.82. The molecule has 0 amide bonds. The highest BCUT2D eigenvalue weighted by Crippen LogP contribution is 2.35. The smallest absolute Gasteiger partial charge is 0.384 e. The molecule has 0 saturated heterocycles. The Labute approximate surface area is 129 Å². The molecule has 1 aromatic carbocycles. The van der Waals surface area contributed by atoms with Gasteiger partial charge in [0.1, 0.15) is 0 Å². The van der Waals surface area contributed by atoms with Crippen molar-refractivity contribution in [1.29, 1.82) is 0 Å². The lowest BCUT2D eigenvalue weighted by atomic mass is 9.97. The van der Waals surface area contributed by atoms with E-state index in [1.165, 1.54) is 0 Å². The lowest BCUT2D eigenvalue weighted by Gasteiger charge is -2.32. The van der Waals surface area contributed by atoms with E-state index in [2.05, 4.69) is 0 Å². The highest BCUT2D eigenvalue weighted by atomic mass is 16.9. The van der Waals surface area contributed by atoms with Crippen LogP contribution in [0.25, 0.3) is 0 Å². The first-order valence-corrected chi connectivity index (χ1v) is 6.74. The molecule has 0 aromatic heterocycles. The fourth-order valence-electron chi connectivity index (χ4n) is 2.45. The first-order chi connectivity index (χ1) is 10.1. The van der Waals surface area contributed by atoms with Crippen LogP contribution in [0.4, 0.5) is 0 Å². The number of carbonyl (C=O) groups excluding carboxylic acids is 3. The molecular formula is C16H20O6. The molecule has 0 unspecified atom stereocenters. The Morgan fingerprint density at radius 3 is 1.36 bits per heavy atom. The molecule has 0 aliphatic carbocycles. The van der Waals surface area contributed by atoms with Gasteiger partial charge in [0.2, 0.25) is 0 Å². The van der Waals surface area contributed by atoms with Crippen molar-refractivity contribution in [2.24, 2.45) is 0 Å². The third-order valence-electron chi connectivity index (χ3n) is 2.82. The van der Waals surface area contributed by atoms with Crippen molar-refractivity contribution in [3.05, 3.63) is 34.4 Å². The van der Waals surface area contributed by atoms with E-state index in [1.807, 2.05) is 19.1 Å². The second-order valence-corrected chi connectivity index (χ2v) is 5.11. The van der Waals surface area contributed by atoms with Gasteiger partial charge in [-0.25, -0.2) is 0 Å². The number of aryl methyl sites for hydroxylation is 3. The van der Waals surface area contributed by atoms with Crippen LogP contribution in [0.3, 0.4) is 0 Å². The zero-order valence-electron chi connectivity index (χ0n) is 13.6. The van der Waals surface area contributed by atoms with Gasteiger partial charge < -0.3 is 14.2 Å². The molecule has 0 fully saturated rings. The summed E-state index contributed by atoms with van der Waals surface area (Å²) in [5, 5.41) is 0. The standard InChI is InChI=1S/C16H20O6/c1-9-7-10(2)15(11(3)8-9)16(20-12(4)17,21-13(5)18)22-14(6)19/h7-8H,1-6H3. The molecule has 6 heteroatoms. The molecule has 0 radical (unpaired) electrons. The number of rotatable bonds is 4. The van der Waals surface area contributed by atoms with Gasteiger partial charge in [-0.05, 0) is 31.9 Å². The summed E-state index contributed by atoms with van der Waals surface area (Å²) >= 11 is 0. The number of benzene rings is 1. The van der Waals surface area contributed by atoms with Gasteiger partial charge in [-0.2, -0.15) is 0 Å². The quantitative estimate of drug-likeness (QED) is 0.628. The summed E-state index contributed by atoms with van der Waals surface area (Å²) in [7, 11) is 0. The number of hydrogen-bond donors (Lipinski definition) is 0. The van der Waals surface area contributed by atoms with Crippen LogP contribution in [0.1, 0.15) is 43.0 Å². The molecule has 0 spiro atoms. The van der Waals surface area contributed by atoms with Gasteiger partial charge >= 0.3 is 23.9 Å². The lowest BCUT2D eigenvalue weighted by Crippen LogP contribution is -2.42. The van der Waals surface area contributed by atoms with E-state index in [-0.39, 0.29) is 0 Å². The number of ether oxygens (including phenoxy) is 3. The summed E-state index contributed by atoms with van der Waals surface area (Å²) in [6, 6.07) is 3.63. The SMILES string of the molecule is CC(=O)OC(OC(C)=O)(OC(C)=O)c1c(C)cc(C)cc1C. The van der Waals surface area contributed by atoms with Crippen molar-refractivity contribution >= 4 is 17.9 Å². The molecule has 1 rings (SSSR count). The van der Waals surface area contributed by atoms with Crippen LogP contribution in [0.15, 0.2) is 12.1 Å². The van der Waals surface area contributed by atoms with Gasteiger partial charge in [0, 0.05) is 20.8 Å². The third kappa shape index (κ3) is 4.07. The number of esters is 3. The normalized spacial score (nSPS) is 10.8. The topological polar surface area (TPSA) is 78.9 Å². The molecular weight excluding hydrogens is 288 g/mol. The second kappa shape index (κ2) is 6.60. The lowest BCUT2D eigenvalue weighted by molar-refractivity contribution is -0.338. The van der Waals surface area contributed by atoms with Gasteiger partial charge in [-0.15, -0.1) is 0 Å². The van der Waals surface area contributed by atoms with Gasteiger partial charge in [0.15, 0.2) is 0 Å².